The summed E-state index contributed by atoms with van der Waals surface area (Å²) in [6.07, 6.45) is -0.992. The van der Waals surface area contributed by atoms with Crippen LogP contribution in [-0.4, -0.2) is 18.0 Å². The predicted octanol–water partition coefficient (Wildman–Crippen LogP) is 3.50. The van der Waals surface area contributed by atoms with E-state index in [9.17, 15) is 9.59 Å². The summed E-state index contributed by atoms with van der Waals surface area (Å²) in [4.78, 5) is 24.1. The molecule has 2 rings (SSSR count). The molecular weight excluding hydrogens is 360 g/mol. The second kappa shape index (κ2) is 7.56. The van der Waals surface area contributed by atoms with Gasteiger partial charge >= 0.3 is 5.97 Å². The molecule has 116 valence electrons. The number of benzene rings is 2. The van der Waals surface area contributed by atoms with Crippen molar-refractivity contribution in [1.29, 1.82) is 5.26 Å². The van der Waals surface area contributed by atoms with Crippen LogP contribution in [0.5, 0.6) is 0 Å². The molecule has 2 aromatic rings. The van der Waals surface area contributed by atoms with Gasteiger partial charge in [-0.15, -0.1) is 0 Å². The Kier molecular flexibility index (Phi) is 5.50. The first-order valence-electron chi connectivity index (χ1n) is 6.78. The van der Waals surface area contributed by atoms with E-state index in [4.69, 9.17) is 10.00 Å². The molecule has 0 bridgehead atoms. The smallest absolute Gasteiger partial charge is 0.338 e. The largest absolute Gasteiger partial charge is 0.449 e. The topological polar surface area (TPSA) is 79.2 Å². The zero-order valence-electron chi connectivity index (χ0n) is 12.2. The lowest BCUT2D eigenvalue weighted by Gasteiger charge is -2.14. The molecule has 1 amide bonds. The first-order chi connectivity index (χ1) is 11.0. The Balaban J connectivity index is 2.03. The zero-order chi connectivity index (χ0) is 16.8. The van der Waals surface area contributed by atoms with Crippen LogP contribution in [0, 0.1) is 11.3 Å². The highest BCUT2D eigenvalue weighted by atomic mass is 79.9. The van der Waals surface area contributed by atoms with Crippen molar-refractivity contribution in [3.05, 3.63) is 64.1 Å². The van der Waals surface area contributed by atoms with Gasteiger partial charge in [0.15, 0.2) is 6.10 Å². The number of hydrogen-bond donors (Lipinski definition) is 1. The zero-order valence-corrected chi connectivity index (χ0v) is 13.8. The minimum Gasteiger partial charge on any atom is -0.449 e. The monoisotopic (exact) mass is 372 g/mol. The Labute approximate surface area is 142 Å². The van der Waals surface area contributed by atoms with Crippen molar-refractivity contribution in [3.8, 4) is 6.07 Å². The molecule has 23 heavy (non-hydrogen) atoms. The van der Waals surface area contributed by atoms with Gasteiger partial charge in [-0.25, -0.2) is 4.79 Å². The molecule has 1 N–H and O–H groups in total. The maximum Gasteiger partial charge on any atom is 0.338 e. The molecule has 0 saturated heterocycles. The van der Waals surface area contributed by atoms with Crippen molar-refractivity contribution in [2.75, 3.05) is 5.32 Å². The number of carbonyl (C=O) groups excluding carboxylic acids is 2. The van der Waals surface area contributed by atoms with Crippen LogP contribution in [0.4, 0.5) is 5.69 Å². The van der Waals surface area contributed by atoms with Crippen LogP contribution in [0.2, 0.25) is 0 Å². The number of nitrogens with one attached hydrogen (secondary N) is 1. The van der Waals surface area contributed by atoms with Gasteiger partial charge < -0.3 is 10.1 Å². The Bertz CT molecular complexity index is 783. The second-order valence-corrected chi connectivity index (χ2v) is 5.62. The summed E-state index contributed by atoms with van der Waals surface area (Å²) >= 11 is 3.27. The van der Waals surface area contributed by atoms with Gasteiger partial charge in [-0.1, -0.05) is 34.1 Å². The van der Waals surface area contributed by atoms with Crippen LogP contribution >= 0.6 is 15.9 Å². The number of esters is 1. The minimum absolute atomic E-state index is 0.339. The van der Waals surface area contributed by atoms with Gasteiger partial charge in [0.2, 0.25) is 0 Å². The maximum absolute atomic E-state index is 12.1. The number of nitrogens with zero attached hydrogens (tertiary/aromatic N) is 1. The van der Waals surface area contributed by atoms with Gasteiger partial charge in [0.25, 0.3) is 5.91 Å². The van der Waals surface area contributed by atoms with Crippen molar-refractivity contribution in [2.45, 2.75) is 13.0 Å². The van der Waals surface area contributed by atoms with Gasteiger partial charge in [0, 0.05) is 4.47 Å². The molecule has 0 radical (unpaired) electrons. The first-order valence-corrected chi connectivity index (χ1v) is 7.57. The number of anilines is 1. The Morgan fingerprint density at radius 1 is 1.22 bits per heavy atom. The van der Waals surface area contributed by atoms with Crippen molar-refractivity contribution < 1.29 is 14.3 Å². The molecule has 0 aliphatic carbocycles. The number of ether oxygens (including phenoxy) is 1. The highest BCUT2D eigenvalue weighted by Crippen LogP contribution is 2.16. The Morgan fingerprint density at radius 3 is 2.65 bits per heavy atom. The third kappa shape index (κ3) is 4.41. The van der Waals surface area contributed by atoms with Crippen LogP contribution in [0.25, 0.3) is 0 Å². The SMILES string of the molecule is C[C@@H](OC(=O)c1cccc(Br)c1)C(=O)Nc1ccccc1C#N. The van der Waals surface area contributed by atoms with Gasteiger partial charge in [0.05, 0.1) is 16.8 Å². The molecule has 6 heteroatoms. The van der Waals surface area contributed by atoms with Crippen molar-refractivity contribution >= 4 is 33.5 Å². The first kappa shape index (κ1) is 16.7. The number of carbonyl (C=O) groups is 2. The van der Waals surface area contributed by atoms with E-state index < -0.39 is 18.0 Å². The molecule has 1 atom stereocenters. The van der Waals surface area contributed by atoms with E-state index >= 15 is 0 Å². The van der Waals surface area contributed by atoms with E-state index in [1.54, 1.807) is 48.5 Å². The van der Waals surface area contributed by atoms with Crippen molar-refractivity contribution in [3.63, 3.8) is 0 Å². The number of amides is 1. The Morgan fingerprint density at radius 2 is 1.96 bits per heavy atom. The van der Waals surface area contributed by atoms with Gasteiger partial charge in [-0.3, -0.25) is 4.79 Å². The number of para-hydroxylation sites is 1. The average Bonchev–Trinajstić information content (AvgIpc) is 2.55. The highest BCUT2D eigenvalue weighted by Gasteiger charge is 2.20. The molecule has 0 aliphatic rings. The quantitative estimate of drug-likeness (QED) is 0.832. The van der Waals surface area contributed by atoms with Crippen LogP contribution in [-0.2, 0) is 9.53 Å². The molecule has 0 aromatic heterocycles. The van der Waals surface area contributed by atoms with Crippen molar-refractivity contribution in [1.82, 2.24) is 0 Å². The lowest BCUT2D eigenvalue weighted by molar-refractivity contribution is -0.123. The standard InChI is InChI=1S/C17H13BrN2O3/c1-11(23-17(22)12-6-4-7-14(18)9-12)16(21)20-15-8-3-2-5-13(15)10-19/h2-9,11H,1H3,(H,20,21)/t11-/m1/s1. The van der Waals surface area contributed by atoms with E-state index in [2.05, 4.69) is 21.2 Å². The number of halogens is 1. The van der Waals surface area contributed by atoms with E-state index in [0.29, 0.717) is 16.8 Å². The van der Waals surface area contributed by atoms with Crippen LogP contribution in [0.15, 0.2) is 53.0 Å². The lowest BCUT2D eigenvalue weighted by Crippen LogP contribution is -2.30. The minimum atomic E-state index is -0.992. The molecule has 0 spiro atoms. The van der Waals surface area contributed by atoms with Gasteiger partial charge in [-0.2, -0.15) is 5.26 Å². The Hall–Kier alpha value is -2.65. The van der Waals surface area contributed by atoms with Crippen LogP contribution in [0.1, 0.15) is 22.8 Å². The molecule has 0 heterocycles. The van der Waals surface area contributed by atoms with E-state index in [0.717, 1.165) is 4.47 Å². The van der Waals surface area contributed by atoms with Crippen molar-refractivity contribution in [2.24, 2.45) is 0 Å². The predicted molar refractivity (Wildman–Crippen MR) is 88.8 cm³/mol. The average molecular weight is 373 g/mol. The normalized spacial score (nSPS) is 11.2. The summed E-state index contributed by atoms with van der Waals surface area (Å²) in [5.74, 6) is -1.10. The molecule has 0 aliphatic heterocycles. The maximum atomic E-state index is 12.1. The lowest BCUT2D eigenvalue weighted by atomic mass is 10.2. The fraction of sp³-hybridized carbons (Fsp3) is 0.118. The molecular formula is C17H13BrN2O3. The molecule has 0 fully saturated rings. The summed E-state index contributed by atoms with van der Waals surface area (Å²) < 4.78 is 5.89. The summed E-state index contributed by atoms with van der Waals surface area (Å²) in [7, 11) is 0. The second-order valence-electron chi connectivity index (χ2n) is 4.70. The summed E-state index contributed by atoms with van der Waals surface area (Å²) in [6, 6.07) is 15.3. The summed E-state index contributed by atoms with van der Waals surface area (Å²) in [5.41, 5.74) is 1.06. The van der Waals surface area contributed by atoms with Crippen LogP contribution < -0.4 is 5.32 Å². The van der Waals surface area contributed by atoms with Gasteiger partial charge in [0.1, 0.15) is 6.07 Å². The highest BCUT2D eigenvalue weighted by molar-refractivity contribution is 9.10. The summed E-state index contributed by atoms with van der Waals surface area (Å²) in [6.45, 7) is 1.47. The van der Waals surface area contributed by atoms with E-state index in [-0.39, 0.29) is 0 Å². The third-order valence-electron chi connectivity index (χ3n) is 3.02. The number of hydrogen-bond acceptors (Lipinski definition) is 4. The molecule has 2 aromatic carbocycles. The number of rotatable bonds is 4. The van der Waals surface area contributed by atoms with E-state index in [1.165, 1.54) is 6.92 Å². The fourth-order valence-electron chi connectivity index (χ4n) is 1.82. The summed E-state index contributed by atoms with van der Waals surface area (Å²) in [5, 5.41) is 11.6. The van der Waals surface area contributed by atoms with E-state index in [1.807, 2.05) is 6.07 Å². The third-order valence-corrected chi connectivity index (χ3v) is 3.51. The molecule has 0 unspecified atom stereocenters. The fourth-order valence-corrected chi connectivity index (χ4v) is 2.22. The molecule has 0 saturated carbocycles. The molecule has 5 nitrogen and oxygen atoms in total. The number of nitriles is 1. The van der Waals surface area contributed by atoms with Gasteiger partial charge in [-0.05, 0) is 37.3 Å². The van der Waals surface area contributed by atoms with Crippen LogP contribution in [0.3, 0.4) is 0 Å².